The van der Waals surface area contributed by atoms with Crippen LogP contribution in [0.3, 0.4) is 0 Å². The largest absolute Gasteiger partial charge is 0.387 e. The monoisotopic (exact) mass is 210 g/mol. The molecule has 0 aliphatic heterocycles. The fourth-order valence-corrected chi connectivity index (χ4v) is 1.30. The Labute approximate surface area is 88.1 Å². The second-order valence-corrected chi connectivity index (χ2v) is 3.63. The minimum absolute atomic E-state index is 0.00491. The number of benzene rings is 1. The molecule has 0 fully saturated rings. The number of nitrogens with zero attached hydrogens (tertiary/aromatic N) is 2. The lowest BCUT2D eigenvalue weighted by atomic mass is 10.1. The van der Waals surface area contributed by atoms with Gasteiger partial charge in [0.1, 0.15) is 0 Å². The van der Waals surface area contributed by atoms with E-state index in [1.807, 2.05) is 19.0 Å². The lowest BCUT2D eigenvalue weighted by Crippen LogP contribution is -2.20. The SMILES string of the molecule is CN(C)CC(O)c1cccc([N+](=O)[O-])c1. The lowest BCUT2D eigenvalue weighted by molar-refractivity contribution is -0.385. The Kier molecular flexibility index (Phi) is 3.76. The minimum atomic E-state index is -0.695. The van der Waals surface area contributed by atoms with E-state index in [0.29, 0.717) is 12.1 Å². The summed E-state index contributed by atoms with van der Waals surface area (Å²) >= 11 is 0. The molecular weight excluding hydrogens is 196 g/mol. The first-order valence-corrected chi connectivity index (χ1v) is 4.58. The van der Waals surface area contributed by atoms with Gasteiger partial charge in [0.2, 0.25) is 0 Å². The molecular formula is C10H14N2O3. The highest BCUT2D eigenvalue weighted by Crippen LogP contribution is 2.19. The van der Waals surface area contributed by atoms with Crippen molar-refractivity contribution in [2.75, 3.05) is 20.6 Å². The van der Waals surface area contributed by atoms with E-state index in [0.717, 1.165) is 0 Å². The normalized spacial score (nSPS) is 12.8. The van der Waals surface area contributed by atoms with Crippen LogP contribution in [0.25, 0.3) is 0 Å². The first-order valence-electron chi connectivity index (χ1n) is 4.58. The first-order chi connectivity index (χ1) is 7.00. The van der Waals surface area contributed by atoms with E-state index < -0.39 is 11.0 Å². The van der Waals surface area contributed by atoms with Crippen molar-refractivity contribution in [1.29, 1.82) is 0 Å². The number of likely N-dealkylation sites (N-methyl/N-ethyl adjacent to an activating group) is 1. The van der Waals surface area contributed by atoms with E-state index in [1.165, 1.54) is 12.1 Å². The number of rotatable bonds is 4. The summed E-state index contributed by atoms with van der Waals surface area (Å²) in [6, 6.07) is 6.06. The number of aliphatic hydroxyl groups is 1. The van der Waals surface area contributed by atoms with E-state index >= 15 is 0 Å². The molecule has 0 amide bonds. The second-order valence-electron chi connectivity index (χ2n) is 3.63. The van der Waals surface area contributed by atoms with Gasteiger partial charge in [-0.1, -0.05) is 12.1 Å². The summed E-state index contributed by atoms with van der Waals surface area (Å²) in [5.41, 5.74) is 0.572. The summed E-state index contributed by atoms with van der Waals surface area (Å²) in [4.78, 5) is 11.9. The number of non-ortho nitro benzene ring substituents is 1. The van der Waals surface area contributed by atoms with Crippen LogP contribution < -0.4 is 0 Å². The maximum absolute atomic E-state index is 10.5. The number of aliphatic hydroxyl groups excluding tert-OH is 1. The van der Waals surface area contributed by atoms with Crippen LogP contribution >= 0.6 is 0 Å². The van der Waals surface area contributed by atoms with Gasteiger partial charge in [-0.25, -0.2) is 0 Å². The molecule has 1 N–H and O–H groups in total. The van der Waals surface area contributed by atoms with Crippen molar-refractivity contribution in [3.8, 4) is 0 Å². The number of nitro benzene ring substituents is 1. The predicted octanol–water partition coefficient (Wildman–Crippen LogP) is 1.19. The lowest BCUT2D eigenvalue weighted by Gasteiger charge is -2.15. The third-order valence-electron chi connectivity index (χ3n) is 2.00. The molecule has 0 radical (unpaired) electrons. The Bertz CT molecular complexity index is 352. The average Bonchev–Trinajstić information content (AvgIpc) is 2.17. The molecule has 0 saturated carbocycles. The molecule has 1 aromatic rings. The molecule has 0 saturated heterocycles. The molecule has 0 aliphatic rings. The van der Waals surface area contributed by atoms with Crippen LogP contribution in [0.15, 0.2) is 24.3 Å². The topological polar surface area (TPSA) is 66.6 Å². The van der Waals surface area contributed by atoms with Crippen molar-refractivity contribution in [1.82, 2.24) is 4.90 Å². The van der Waals surface area contributed by atoms with Gasteiger partial charge < -0.3 is 10.0 Å². The van der Waals surface area contributed by atoms with E-state index in [-0.39, 0.29) is 5.69 Å². The van der Waals surface area contributed by atoms with Crippen LogP contribution in [0.1, 0.15) is 11.7 Å². The third kappa shape index (κ3) is 3.30. The van der Waals surface area contributed by atoms with Crippen LogP contribution in [0.2, 0.25) is 0 Å². The van der Waals surface area contributed by atoms with Gasteiger partial charge in [0.15, 0.2) is 0 Å². The maximum atomic E-state index is 10.5. The highest BCUT2D eigenvalue weighted by Gasteiger charge is 2.12. The van der Waals surface area contributed by atoms with Gasteiger partial charge in [-0.2, -0.15) is 0 Å². The van der Waals surface area contributed by atoms with Crippen LogP contribution in [0, 0.1) is 10.1 Å². The molecule has 1 rings (SSSR count). The molecule has 1 aromatic carbocycles. The quantitative estimate of drug-likeness (QED) is 0.598. The number of hydrogen-bond acceptors (Lipinski definition) is 4. The third-order valence-corrected chi connectivity index (χ3v) is 2.00. The summed E-state index contributed by atoms with van der Waals surface area (Å²) in [6.45, 7) is 0.446. The maximum Gasteiger partial charge on any atom is 0.269 e. The molecule has 0 heterocycles. The summed E-state index contributed by atoms with van der Waals surface area (Å²) in [5.74, 6) is 0. The van der Waals surface area contributed by atoms with Gasteiger partial charge in [0.05, 0.1) is 11.0 Å². The van der Waals surface area contributed by atoms with Gasteiger partial charge in [0.25, 0.3) is 5.69 Å². The van der Waals surface area contributed by atoms with Gasteiger partial charge >= 0.3 is 0 Å². The molecule has 0 spiro atoms. The average molecular weight is 210 g/mol. The van der Waals surface area contributed by atoms with Crippen molar-refractivity contribution in [3.05, 3.63) is 39.9 Å². The Morgan fingerprint density at radius 3 is 2.73 bits per heavy atom. The molecule has 0 aliphatic carbocycles. The standard InChI is InChI=1S/C10H14N2O3/c1-11(2)7-10(13)8-4-3-5-9(6-8)12(14)15/h3-6,10,13H,7H2,1-2H3. The summed E-state index contributed by atoms with van der Waals surface area (Å²) < 4.78 is 0. The molecule has 82 valence electrons. The van der Waals surface area contributed by atoms with E-state index in [9.17, 15) is 15.2 Å². The van der Waals surface area contributed by atoms with Crippen LogP contribution in [0.5, 0.6) is 0 Å². The zero-order valence-electron chi connectivity index (χ0n) is 8.75. The highest BCUT2D eigenvalue weighted by atomic mass is 16.6. The fraction of sp³-hybridized carbons (Fsp3) is 0.400. The van der Waals surface area contributed by atoms with Crippen molar-refractivity contribution < 1.29 is 10.0 Å². The van der Waals surface area contributed by atoms with Gasteiger partial charge in [-0.3, -0.25) is 10.1 Å². The number of hydrogen-bond donors (Lipinski definition) is 1. The Morgan fingerprint density at radius 1 is 1.53 bits per heavy atom. The van der Waals surface area contributed by atoms with Crippen molar-refractivity contribution in [2.45, 2.75) is 6.10 Å². The van der Waals surface area contributed by atoms with E-state index in [4.69, 9.17) is 0 Å². The molecule has 0 bridgehead atoms. The van der Waals surface area contributed by atoms with E-state index in [1.54, 1.807) is 12.1 Å². The Balaban J connectivity index is 2.85. The van der Waals surface area contributed by atoms with Gasteiger partial charge in [-0.15, -0.1) is 0 Å². The smallest absolute Gasteiger partial charge is 0.269 e. The molecule has 5 heteroatoms. The van der Waals surface area contributed by atoms with Gasteiger partial charge in [0, 0.05) is 18.7 Å². The first kappa shape index (κ1) is 11.6. The second kappa shape index (κ2) is 4.86. The zero-order valence-corrected chi connectivity index (χ0v) is 8.75. The molecule has 1 atom stereocenters. The van der Waals surface area contributed by atoms with E-state index in [2.05, 4.69) is 0 Å². The summed E-state index contributed by atoms with van der Waals surface area (Å²) in [7, 11) is 3.67. The Morgan fingerprint density at radius 2 is 2.20 bits per heavy atom. The fourth-order valence-electron chi connectivity index (χ4n) is 1.30. The predicted molar refractivity (Wildman–Crippen MR) is 56.6 cm³/mol. The van der Waals surface area contributed by atoms with Crippen LogP contribution in [-0.4, -0.2) is 35.6 Å². The Hall–Kier alpha value is -1.46. The zero-order chi connectivity index (χ0) is 11.4. The minimum Gasteiger partial charge on any atom is -0.387 e. The van der Waals surface area contributed by atoms with Crippen molar-refractivity contribution in [3.63, 3.8) is 0 Å². The summed E-state index contributed by atoms with van der Waals surface area (Å²) in [6.07, 6.45) is -0.695. The van der Waals surface area contributed by atoms with Crippen LogP contribution in [0.4, 0.5) is 5.69 Å². The van der Waals surface area contributed by atoms with Crippen molar-refractivity contribution in [2.24, 2.45) is 0 Å². The highest BCUT2D eigenvalue weighted by molar-refractivity contribution is 5.35. The van der Waals surface area contributed by atoms with Crippen LogP contribution in [-0.2, 0) is 0 Å². The van der Waals surface area contributed by atoms with Crippen molar-refractivity contribution >= 4 is 5.69 Å². The van der Waals surface area contributed by atoms with Gasteiger partial charge in [-0.05, 0) is 19.7 Å². The molecule has 5 nitrogen and oxygen atoms in total. The summed E-state index contributed by atoms with van der Waals surface area (Å²) in [5, 5.41) is 20.2. The molecule has 0 aromatic heterocycles. The molecule has 15 heavy (non-hydrogen) atoms. The number of nitro groups is 1. The molecule has 1 unspecified atom stereocenters.